The number of nitrogens with zero attached hydrogens (tertiary/aromatic N) is 1. The van der Waals surface area contributed by atoms with Crippen molar-refractivity contribution < 1.29 is 14.3 Å². The van der Waals surface area contributed by atoms with Gasteiger partial charge in [0.2, 0.25) is 0 Å². The number of amides is 1. The van der Waals surface area contributed by atoms with Gasteiger partial charge in [-0.3, -0.25) is 4.79 Å². The third-order valence-electron chi connectivity index (χ3n) is 4.05. The number of rotatable bonds is 4. The molecular formula is C19H19ClN2O3. The summed E-state index contributed by atoms with van der Waals surface area (Å²) in [6.07, 6.45) is 0. The molecular weight excluding hydrogens is 340 g/mol. The van der Waals surface area contributed by atoms with Gasteiger partial charge in [0.1, 0.15) is 12.1 Å². The lowest BCUT2D eigenvalue weighted by Gasteiger charge is -2.39. The van der Waals surface area contributed by atoms with Crippen LogP contribution in [0.25, 0.3) is 0 Å². The zero-order valence-electron chi connectivity index (χ0n) is 14.1. The molecule has 0 saturated heterocycles. The normalized spacial score (nSPS) is 15.3. The molecule has 0 radical (unpaired) electrons. The van der Waals surface area contributed by atoms with Crippen LogP contribution in [0.2, 0.25) is 5.02 Å². The lowest BCUT2D eigenvalue weighted by molar-refractivity contribution is -0.122. The van der Waals surface area contributed by atoms with E-state index in [1.165, 1.54) is 0 Å². The van der Waals surface area contributed by atoms with Crippen LogP contribution in [0.3, 0.4) is 0 Å². The number of anilines is 2. The van der Waals surface area contributed by atoms with E-state index >= 15 is 0 Å². The summed E-state index contributed by atoms with van der Waals surface area (Å²) in [4.78, 5) is 26.4. The molecule has 25 heavy (non-hydrogen) atoms. The van der Waals surface area contributed by atoms with Crippen LogP contribution >= 0.6 is 11.6 Å². The van der Waals surface area contributed by atoms with Gasteiger partial charge in [0.05, 0.1) is 23.5 Å². The number of ether oxygens (including phenoxy) is 1. The zero-order chi connectivity index (χ0) is 18.0. The van der Waals surface area contributed by atoms with E-state index in [0.29, 0.717) is 17.1 Å². The quantitative estimate of drug-likeness (QED) is 0.846. The van der Waals surface area contributed by atoms with Crippen molar-refractivity contribution in [2.24, 2.45) is 0 Å². The first-order valence-corrected chi connectivity index (χ1v) is 8.38. The second-order valence-corrected chi connectivity index (χ2v) is 6.80. The Morgan fingerprint density at radius 3 is 2.56 bits per heavy atom. The van der Waals surface area contributed by atoms with Crippen LogP contribution in [0.4, 0.5) is 11.4 Å². The van der Waals surface area contributed by atoms with Gasteiger partial charge in [0.25, 0.3) is 5.91 Å². The van der Waals surface area contributed by atoms with E-state index in [2.05, 4.69) is 5.32 Å². The van der Waals surface area contributed by atoms with Gasteiger partial charge in [-0.15, -0.1) is 0 Å². The van der Waals surface area contributed by atoms with E-state index in [0.717, 1.165) is 11.4 Å². The first kappa shape index (κ1) is 17.3. The molecule has 1 aliphatic rings. The van der Waals surface area contributed by atoms with E-state index in [1.54, 1.807) is 29.2 Å². The van der Waals surface area contributed by atoms with Crippen molar-refractivity contribution in [2.75, 3.05) is 23.4 Å². The second-order valence-electron chi connectivity index (χ2n) is 6.37. The summed E-state index contributed by atoms with van der Waals surface area (Å²) in [5.41, 5.74) is 1.39. The largest absolute Gasteiger partial charge is 0.460 e. The number of carbonyl (C=O) groups is 2. The minimum absolute atomic E-state index is 0.0614. The molecule has 3 rings (SSSR count). The summed E-state index contributed by atoms with van der Waals surface area (Å²) in [6, 6.07) is 14.1. The van der Waals surface area contributed by atoms with Crippen LogP contribution in [0.15, 0.2) is 48.5 Å². The van der Waals surface area contributed by atoms with Crippen molar-refractivity contribution in [3.63, 3.8) is 0 Å². The fourth-order valence-corrected chi connectivity index (χ4v) is 2.90. The Hall–Kier alpha value is -2.53. The number of esters is 1. The Morgan fingerprint density at radius 1 is 1.16 bits per heavy atom. The van der Waals surface area contributed by atoms with E-state index in [4.69, 9.17) is 16.3 Å². The predicted octanol–water partition coefficient (Wildman–Crippen LogP) is 3.73. The van der Waals surface area contributed by atoms with Crippen molar-refractivity contribution >= 4 is 34.9 Å². The molecule has 0 saturated carbocycles. The molecule has 2 aromatic rings. The lowest BCUT2D eigenvalue weighted by atomic mass is 9.98. The van der Waals surface area contributed by atoms with Crippen LogP contribution in [0, 0.1) is 0 Å². The molecule has 0 fully saturated rings. The van der Waals surface area contributed by atoms with Gasteiger partial charge in [0.15, 0.2) is 0 Å². The molecule has 1 amide bonds. The van der Waals surface area contributed by atoms with Gasteiger partial charge in [-0.2, -0.15) is 0 Å². The Morgan fingerprint density at radius 2 is 1.84 bits per heavy atom. The number of fused-ring (bicyclic) bond motifs is 1. The van der Waals surface area contributed by atoms with Crippen molar-refractivity contribution in [1.82, 2.24) is 0 Å². The Kier molecular flexibility index (Phi) is 4.68. The minimum Gasteiger partial charge on any atom is -0.460 e. The van der Waals surface area contributed by atoms with Gasteiger partial charge in [-0.1, -0.05) is 23.7 Å². The summed E-state index contributed by atoms with van der Waals surface area (Å²) in [7, 11) is 0. The molecule has 6 heteroatoms. The molecule has 5 nitrogen and oxygen atoms in total. The van der Waals surface area contributed by atoms with Gasteiger partial charge in [-0.05, 0) is 50.2 Å². The number of nitrogens with one attached hydrogen (secondary N) is 1. The smallest absolute Gasteiger partial charge is 0.338 e. The first-order valence-electron chi connectivity index (χ1n) is 8.00. The summed E-state index contributed by atoms with van der Waals surface area (Å²) < 4.78 is 5.31. The molecule has 0 spiro atoms. The topological polar surface area (TPSA) is 58.6 Å². The SMILES string of the molecule is CC1(C)Nc2ccccc2N(CCOC(=O)c2ccc(Cl)cc2)C1=O. The van der Waals surface area contributed by atoms with Crippen molar-refractivity contribution in [1.29, 1.82) is 0 Å². The van der Waals surface area contributed by atoms with E-state index in [1.807, 2.05) is 38.1 Å². The van der Waals surface area contributed by atoms with Gasteiger partial charge in [-0.25, -0.2) is 4.79 Å². The van der Waals surface area contributed by atoms with Gasteiger partial charge in [0, 0.05) is 5.02 Å². The molecule has 0 bridgehead atoms. The predicted molar refractivity (Wildman–Crippen MR) is 98.2 cm³/mol. The van der Waals surface area contributed by atoms with E-state index < -0.39 is 11.5 Å². The second kappa shape index (κ2) is 6.76. The average Bonchev–Trinajstić information content (AvgIpc) is 2.58. The molecule has 1 aliphatic heterocycles. The average molecular weight is 359 g/mol. The van der Waals surface area contributed by atoms with Crippen LogP contribution in [-0.4, -0.2) is 30.6 Å². The summed E-state index contributed by atoms with van der Waals surface area (Å²) in [5, 5.41) is 3.79. The number of para-hydroxylation sites is 2. The summed E-state index contributed by atoms with van der Waals surface area (Å²) in [6.45, 7) is 4.06. The Labute approximate surface area is 151 Å². The fraction of sp³-hybridized carbons (Fsp3) is 0.263. The Balaban J connectivity index is 1.69. The Bertz CT molecular complexity index is 803. The van der Waals surface area contributed by atoms with Gasteiger partial charge < -0.3 is 15.0 Å². The highest BCUT2D eigenvalue weighted by molar-refractivity contribution is 6.30. The molecule has 0 aromatic heterocycles. The van der Waals surface area contributed by atoms with Crippen LogP contribution in [0.1, 0.15) is 24.2 Å². The summed E-state index contributed by atoms with van der Waals surface area (Å²) in [5.74, 6) is -0.500. The monoisotopic (exact) mass is 358 g/mol. The first-order chi connectivity index (χ1) is 11.9. The van der Waals surface area contributed by atoms with Crippen molar-refractivity contribution in [2.45, 2.75) is 19.4 Å². The maximum atomic E-state index is 12.7. The van der Waals surface area contributed by atoms with Crippen LogP contribution in [-0.2, 0) is 9.53 Å². The molecule has 2 aromatic carbocycles. The highest BCUT2D eigenvalue weighted by atomic mass is 35.5. The van der Waals surface area contributed by atoms with E-state index in [9.17, 15) is 9.59 Å². The molecule has 1 heterocycles. The zero-order valence-corrected chi connectivity index (χ0v) is 14.8. The van der Waals surface area contributed by atoms with Crippen LogP contribution in [0.5, 0.6) is 0 Å². The summed E-state index contributed by atoms with van der Waals surface area (Å²) >= 11 is 5.81. The number of hydrogen-bond donors (Lipinski definition) is 1. The molecule has 0 unspecified atom stereocenters. The van der Waals surface area contributed by atoms with Crippen LogP contribution < -0.4 is 10.2 Å². The number of benzene rings is 2. The van der Waals surface area contributed by atoms with Crippen molar-refractivity contribution in [3.8, 4) is 0 Å². The molecule has 0 atom stereocenters. The fourth-order valence-electron chi connectivity index (χ4n) is 2.77. The highest BCUT2D eigenvalue weighted by Crippen LogP contribution is 2.34. The molecule has 1 N–H and O–H groups in total. The standard InChI is InChI=1S/C19H19ClN2O3/c1-19(2)18(24)22(16-6-4-3-5-15(16)21-19)11-12-25-17(23)13-7-9-14(20)10-8-13/h3-10,21H,11-12H2,1-2H3. The lowest BCUT2D eigenvalue weighted by Crippen LogP contribution is -2.54. The maximum Gasteiger partial charge on any atom is 0.338 e. The molecule has 130 valence electrons. The van der Waals surface area contributed by atoms with E-state index in [-0.39, 0.29) is 12.5 Å². The maximum absolute atomic E-state index is 12.7. The minimum atomic E-state index is -0.714. The van der Waals surface area contributed by atoms with Gasteiger partial charge >= 0.3 is 5.97 Å². The third-order valence-corrected chi connectivity index (χ3v) is 4.30. The molecule has 0 aliphatic carbocycles. The third kappa shape index (κ3) is 3.61. The highest BCUT2D eigenvalue weighted by Gasteiger charge is 2.38. The number of carbonyl (C=O) groups excluding carboxylic acids is 2. The number of halogens is 1. The number of hydrogen-bond acceptors (Lipinski definition) is 4. The van der Waals surface area contributed by atoms with Crippen molar-refractivity contribution in [3.05, 3.63) is 59.1 Å².